The van der Waals surface area contributed by atoms with E-state index in [0.29, 0.717) is 24.5 Å². The third-order valence-corrected chi connectivity index (χ3v) is 4.58. The topological polar surface area (TPSA) is 71.3 Å². The molecule has 3 heterocycles. The van der Waals surface area contributed by atoms with Crippen molar-refractivity contribution < 1.29 is 9.32 Å². The summed E-state index contributed by atoms with van der Waals surface area (Å²) in [4.78, 5) is 18.5. The van der Waals surface area contributed by atoms with Crippen LogP contribution in [-0.2, 0) is 26.1 Å². The van der Waals surface area contributed by atoms with Crippen LogP contribution in [0.2, 0.25) is 0 Å². The second kappa shape index (κ2) is 7.49. The molecule has 0 radical (unpaired) electrons. The molecule has 1 amide bonds. The zero-order valence-corrected chi connectivity index (χ0v) is 14.4. The van der Waals surface area contributed by atoms with Crippen molar-refractivity contribution in [1.29, 1.82) is 0 Å². The minimum absolute atomic E-state index is 0.235. The number of hydrogen-bond donors (Lipinski definition) is 1. The SMILES string of the molecule is O=C(NCc1ccncc1)c1cc(CN2CCc3ccccc3C2)on1. The maximum Gasteiger partial charge on any atom is 0.273 e. The van der Waals surface area contributed by atoms with E-state index in [2.05, 4.69) is 44.6 Å². The molecule has 1 N–H and O–H groups in total. The van der Waals surface area contributed by atoms with E-state index in [-0.39, 0.29) is 5.91 Å². The Hall–Kier alpha value is -2.99. The van der Waals surface area contributed by atoms with Crippen LogP contribution in [0.5, 0.6) is 0 Å². The maximum atomic E-state index is 12.2. The molecule has 6 heteroatoms. The lowest BCUT2D eigenvalue weighted by Gasteiger charge is -2.27. The minimum atomic E-state index is -0.235. The van der Waals surface area contributed by atoms with Crippen LogP contribution in [0.1, 0.15) is 32.9 Å². The number of amides is 1. The smallest absolute Gasteiger partial charge is 0.273 e. The van der Waals surface area contributed by atoms with E-state index >= 15 is 0 Å². The van der Waals surface area contributed by atoms with Gasteiger partial charge < -0.3 is 9.84 Å². The van der Waals surface area contributed by atoms with Crippen molar-refractivity contribution in [2.45, 2.75) is 26.1 Å². The second-order valence-electron chi connectivity index (χ2n) is 6.45. The fourth-order valence-electron chi connectivity index (χ4n) is 3.18. The summed E-state index contributed by atoms with van der Waals surface area (Å²) >= 11 is 0. The number of nitrogens with zero attached hydrogens (tertiary/aromatic N) is 3. The van der Waals surface area contributed by atoms with Crippen molar-refractivity contribution in [3.8, 4) is 0 Å². The summed E-state index contributed by atoms with van der Waals surface area (Å²) in [5.41, 5.74) is 4.07. The van der Waals surface area contributed by atoms with Crippen LogP contribution in [0, 0.1) is 0 Å². The molecule has 132 valence electrons. The van der Waals surface area contributed by atoms with Gasteiger partial charge in [-0.05, 0) is 35.2 Å². The van der Waals surface area contributed by atoms with Crippen molar-refractivity contribution in [2.24, 2.45) is 0 Å². The van der Waals surface area contributed by atoms with Gasteiger partial charge in [0.05, 0.1) is 6.54 Å². The third kappa shape index (κ3) is 3.81. The first-order valence-electron chi connectivity index (χ1n) is 8.70. The number of aromatic nitrogens is 2. The van der Waals surface area contributed by atoms with Gasteiger partial charge in [-0.1, -0.05) is 29.4 Å². The first kappa shape index (κ1) is 16.5. The number of fused-ring (bicyclic) bond motifs is 1. The van der Waals surface area contributed by atoms with Crippen LogP contribution in [-0.4, -0.2) is 27.5 Å². The molecular formula is C20H20N4O2. The number of benzene rings is 1. The van der Waals surface area contributed by atoms with Gasteiger partial charge in [-0.25, -0.2) is 0 Å². The maximum absolute atomic E-state index is 12.2. The molecule has 0 atom stereocenters. The highest BCUT2D eigenvalue weighted by Gasteiger charge is 2.19. The molecule has 1 aromatic carbocycles. The molecule has 0 fully saturated rings. The van der Waals surface area contributed by atoms with E-state index in [1.54, 1.807) is 18.5 Å². The Kier molecular flexibility index (Phi) is 4.75. The first-order valence-corrected chi connectivity index (χ1v) is 8.70. The highest BCUT2D eigenvalue weighted by molar-refractivity contribution is 5.92. The van der Waals surface area contributed by atoms with Crippen molar-refractivity contribution >= 4 is 5.91 Å². The van der Waals surface area contributed by atoms with E-state index < -0.39 is 0 Å². The molecule has 0 unspecified atom stereocenters. The summed E-state index contributed by atoms with van der Waals surface area (Å²) in [5.74, 6) is 0.472. The summed E-state index contributed by atoms with van der Waals surface area (Å²) in [7, 11) is 0. The van der Waals surface area contributed by atoms with Gasteiger partial charge in [-0.3, -0.25) is 14.7 Å². The van der Waals surface area contributed by atoms with Gasteiger partial charge in [-0.2, -0.15) is 0 Å². The Morgan fingerprint density at radius 2 is 1.96 bits per heavy atom. The lowest BCUT2D eigenvalue weighted by Crippen LogP contribution is -2.29. The Morgan fingerprint density at radius 3 is 2.81 bits per heavy atom. The lowest BCUT2D eigenvalue weighted by molar-refractivity contribution is 0.0941. The molecule has 0 saturated carbocycles. The van der Waals surface area contributed by atoms with Gasteiger partial charge in [0.15, 0.2) is 11.5 Å². The summed E-state index contributed by atoms with van der Waals surface area (Å²) < 4.78 is 5.37. The van der Waals surface area contributed by atoms with Crippen LogP contribution in [0.15, 0.2) is 59.4 Å². The van der Waals surface area contributed by atoms with E-state index in [1.807, 2.05) is 12.1 Å². The van der Waals surface area contributed by atoms with Crippen molar-refractivity contribution in [1.82, 2.24) is 20.4 Å². The van der Waals surface area contributed by atoms with Crippen molar-refractivity contribution in [3.05, 3.63) is 83.0 Å². The summed E-state index contributed by atoms with van der Waals surface area (Å²) in [5, 5.41) is 6.75. The van der Waals surface area contributed by atoms with Crippen LogP contribution >= 0.6 is 0 Å². The number of pyridine rings is 1. The van der Waals surface area contributed by atoms with Crippen LogP contribution < -0.4 is 5.32 Å². The quantitative estimate of drug-likeness (QED) is 0.767. The average Bonchev–Trinajstić information content (AvgIpc) is 3.15. The number of hydrogen-bond acceptors (Lipinski definition) is 5. The number of carbonyl (C=O) groups excluding carboxylic acids is 1. The van der Waals surface area contributed by atoms with Crippen LogP contribution in [0.3, 0.4) is 0 Å². The highest BCUT2D eigenvalue weighted by Crippen LogP contribution is 2.20. The fraction of sp³-hybridized carbons (Fsp3) is 0.250. The molecule has 0 spiro atoms. The molecule has 0 bridgehead atoms. The number of carbonyl (C=O) groups is 1. The van der Waals surface area contributed by atoms with Crippen LogP contribution in [0.25, 0.3) is 0 Å². The van der Waals surface area contributed by atoms with Gasteiger partial charge in [-0.15, -0.1) is 0 Å². The van der Waals surface area contributed by atoms with Crippen LogP contribution in [0.4, 0.5) is 0 Å². The number of nitrogens with one attached hydrogen (secondary N) is 1. The predicted octanol–water partition coefficient (Wildman–Crippen LogP) is 2.56. The third-order valence-electron chi connectivity index (χ3n) is 4.58. The molecular weight excluding hydrogens is 328 g/mol. The van der Waals surface area contributed by atoms with Gasteiger partial charge in [0.1, 0.15) is 0 Å². The Bertz CT molecular complexity index is 892. The van der Waals surface area contributed by atoms with E-state index in [1.165, 1.54) is 11.1 Å². The predicted molar refractivity (Wildman–Crippen MR) is 96.2 cm³/mol. The Labute approximate surface area is 151 Å². The molecule has 0 saturated heterocycles. The van der Waals surface area contributed by atoms with E-state index in [4.69, 9.17) is 4.52 Å². The average molecular weight is 348 g/mol. The minimum Gasteiger partial charge on any atom is -0.359 e. The van der Waals surface area contributed by atoms with Gasteiger partial charge in [0, 0.05) is 38.1 Å². The molecule has 26 heavy (non-hydrogen) atoms. The lowest BCUT2D eigenvalue weighted by atomic mass is 10.00. The van der Waals surface area contributed by atoms with Crippen molar-refractivity contribution in [3.63, 3.8) is 0 Å². The highest BCUT2D eigenvalue weighted by atomic mass is 16.5. The molecule has 1 aliphatic heterocycles. The Balaban J connectivity index is 1.34. The largest absolute Gasteiger partial charge is 0.359 e. The zero-order valence-electron chi connectivity index (χ0n) is 14.4. The fourth-order valence-corrected chi connectivity index (χ4v) is 3.18. The van der Waals surface area contributed by atoms with Gasteiger partial charge in [0.2, 0.25) is 0 Å². The standard InChI is InChI=1S/C20H20N4O2/c25-20(22-12-15-5-8-21-9-6-15)19-11-18(26-23-19)14-24-10-7-16-3-1-2-4-17(16)13-24/h1-6,8-9,11H,7,10,12-14H2,(H,22,25). The molecule has 6 nitrogen and oxygen atoms in total. The van der Waals surface area contributed by atoms with Gasteiger partial charge >= 0.3 is 0 Å². The first-order chi connectivity index (χ1) is 12.8. The number of rotatable bonds is 5. The molecule has 3 aromatic rings. The molecule has 4 rings (SSSR count). The summed E-state index contributed by atoms with van der Waals surface area (Å²) in [6.07, 6.45) is 4.43. The monoisotopic (exact) mass is 348 g/mol. The normalized spacial score (nSPS) is 14.0. The summed E-state index contributed by atoms with van der Waals surface area (Å²) in [6, 6.07) is 14.0. The second-order valence-corrected chi connectivity index (χ2v) is 6.45. The van der Waals surface area contributed by atoms with E-state index in [9.17, 15) is 4.79 Å². The Morgan fingerprint density at radius 1 is 1.15 bits per heavy atom. The molecule has 1 aliphatic rings. The zero-order chi connectivity index (χ0) is 17.8. The molecule has 2 aromatic heterocycles. The van der Waals surface area contributed by atoms with E-state index in [0.717, 1.165) is 25.1 Å². The van der Waals surface area contributed by atoms with Gasteiger partial charge in [0.25, 0.3) is 5.91 Å². The summed E-state index contributed by atoms with van der Waals surface area (Å²) in [6.45, 7) is 2.95. The van der Waals surface area contributed by atoms with Crippen molar-refractivity contribution in [2.75, 3.05) is 6.54 Å². The molecule has 0 aliphatic carbocycles.